The van der Waals surface area contributed by atoms with Crippen LogP contribution in [0.1, 0.15) is 41.8 Å². The molecule has 2 saturated heterocycles. The Kier molecular flexibility index (Phi) is 6.89. The lowest BCUT2D eigenvalue weighted by molar-refractivity contribution is -0.134. The zero-order valence-corrected chi connectivity index (χ0v) is 18.4. The molecule has 0 aliphatic carbocycles. The second-order valence-electron chi connectivity index (χ2n) is 7.92. The predicted molar refractivity (Wildman–Crippen MR) is 117 cm³/mol. The fourth-order valence-corrected chi connectivity index (χ4v) is 5.00. The molecule has 0 saturated carbocycles. The molecule has 3 heterocycles. The number of halogens is 1. The van der Waals surface area contributed by atoms with Crippen LogP contribution in [0.4, 0.5) is 0 Å². The lowest BCUT2D eigenvalue weighted by Crippen LogP contribution is -2.49. The summed E-state index contributed by atoms with van der Waals surface area (Å²) < 4.78 is 6.25. The summed E-state index contributed by atoms with van der Waals surface area (Å²) in [6, 6.07) is 7.33. The molecule has 2 amide bonds. The Hall–Kier alpha value is -2.12. The Bertz CT molecular complexity index is 870. The van der Waals surface area contributed by atoms with Gasteiger partial charge in [-0.1, -0.05) is 17.7 Å². The van der Waals surface area contributed by atoms with Crippen molar-refractivity contribution in [2.45, 2.75) is 38.2 Å². The Labute approximate surface area is 185 Å². The van der Waals surface area contributed by atoms with Gasteiger partial charge in [0.15, 0.2) is 0 Å². The SMILES string of the molecule is O=C(C[C@H]1CN(C(=O)c2cncs2)CC[C@@H]1Oc1cccc(Cl)c1)N1CCCCC1. The molecule has 4 rings (SSSR count). The first-order chi connectivity index (χ1) is 14.6. The smallest absolute Gasteiger partial charge is 0.265 e. The maximum Gasteiger partial charge on any atom is 0.265 e. The molecule has 6 nitrogen and oxygen atoms in total. The number of hydrogen-bond donors (Lipinski definition) is 0. The number of aromatic nitrogens is 1. The Morgan fingerprint density at radius 2 is 2.00 bits per heavy atom. The quantitative estimate of drug-likeness (QED) is 0.692. The number of rotatable bonds is 5. The van der Waals surface area contributed by atoms with E-state index in [4.69, 9.17) is 16.3 Å². The van der Waals surface area contributed by atoms with Crippen LogP contribution in [0.3, 0.4) is 0 Å². The van der Waals surface area contributed by atoms with E-state index < -0.39 is 0 Å². The van der Waals surface area contributed by atoms with Crippen LogP contribution < -0.4 is 4.74 Å². The average molecular weight is 448 g/mol. The van der Waals surface area contributed by atoms with Crippen molar-refractivity contribution < 1.29 is 14.3 Å². The maximum atomic E-state index is 13.0. The van der Waals surface area contributed by atoms with Gasteiger partial charge in [-0.05, 0) is 37.5 Å². The van der Waals surface area contributed by atoms with Gasteiger partial charge in [0.05, 0.1) is 11.7 Å². The molecule has 0 spiro atoms. The Morgan fingerprint density at radius 3 is 2.73 bits per heavy atom. The zero-order valence-electron chi connectivity index (χ0n) is 16.8. The number of hydrogen-bond acceptors (Lipinski definition) is 5. The largest absolute Gasteiger partial charge is 0.490 e. The maximum absolute atomic E-state index is 13.0. The summed E-state index contributed by atoms with van der Waals surface area (Å²) in [6.45, 7) is 2.75. The van der Waals surface area contributed by atoms with Crippen LogP contribution in [0.15, 0.2) is 36.0 Å². The van der Waals surface area contributed by atoms with Crippen molar-refractivity contribution in [2.75, 3.05) is 26.2 Å². The minimum absolute atomic E-state index is 0.0193. The minimum atomic E-state index is -0.136. The molecule has 160 valence electrons. The number of ether oxygens (including phenoxy) is 1. The number of nitrogens with zero attached hydrogens (tertiary/aromatic N) is 3. The molecular formula is C22H26ClN3O3S. The highest BCUT2D eigenvalue weighted by atomic mass is 35.5. The molecule has 2 aliphatic heterocycles. The first-order valence-corrected chi connectivity index (χ1v) is 11.7. The van der Waals surface area contributed by atoms with E-state index in [0.717, 1.165) is 25.9 Å². The molecule has 30 heavy (non-hydrogen) atoms. The first-order valence-electron chi connectivity index (χ1n) is 10.5. The van der Waals surface area contributed by atoms with Crippen molar-refractivity contribution in [1.29, 1.82) is 0 Å². The molecule has 0 N–H and O–H groups in total. The second kappa shape index (κ2) is 9.79. The highest BCUT2D eigenvalue weighted by Crippen LogP contribution is 2.29. The van der Waals surface area contributed by atoms with E-state index in [-0.39, 0.29) is 23.8 Å². The Balaban J connectivity index is 1.48. The van der Waals surface area contributed by atoms with Gasteiger partial charge in [0.1, 0.15) is 16.7 Å². The van der Waals surface area contributed by atoms with Crippen LogP contribution in [0.2, 0.25) is 5.02 Å². The van der Waals surface area contributed by atoms with E-state index in [1.165, 1.54) is 17.8 Å². The summed E-state index contributed by atoms with van der Waals surface area (Å²) in [5.41, 5.74) is 1.67. The van der Waals surface area contributed by atoms with E-state index in [1.807, 2.05) is 28.0 Å². The number of carbonyl (C=O) groups is 2. The topological polar surface area (TPSA) is 62.7 Å². The van der Waals surface area contributed by atoms with Crippen LogP contribution >= 0.6 is 22.9 Å². The third-order valence-corrected chi connectivity index (χ3v) is 6.82. The summed E-state index contributed by atoms with van der Waals surface area (Å²) in [6.07, 6.45) is 5.85. The summed E-state index contributed by atoms with van der Waals surface area (Å²) in [5, 5.41) is 0.617. The van der Waals surface area contributed by atoms with Crippen LogP contribution in [-0.4, -0.2) is 58.9 Å². The van der Waals surface area contributed by atoms with Crippen molar-refractivity contribution in [1.82, 2.24) is 14.8 Å². The summed E-state index contributed by atoms with van der Waals surface area (Å²) in [5.74, 6) is 0.773. The van der Waals surface area contributed by atoms with Crippen molar-refractivity contribution in [3.63, 3.8) is 0 Å². The molecule has 0 radical (unpaired) electrons. The molecule has 0 unspecified atom stereocenters. The normalized spacial score (nSPS) is 22.0. The van der Waals surface area contributed by atoms with Gasteiger partial charge in [-0.3, -0.25) is 14.6 Å². The van der Waals surface area contributed by atoms with Gasteiger partial charge in [-0.15, -0.1) is 11.3 Å². The predicted octanol–water partition coefficient (Wildman–Crippen LogP) is 4.11. The zero-order chi connectivity index (χ0) is 20.9. The standard InChI is InChI=1S/C22H26ClN3O3S/c23-17-5-4-6-18(12-17)29-19-7-10-26(22(28)20-13-24-15-30-20)14-16(19)11-21(27)25-8-2-1-3-9-25/h4-6,12-13,15-16,19H,1-3,7-11,14H2/t16-,19-/m0/s1. The van der Waals surface area contributed by atoms with Gasteiger partial charge in [-0.2, -0.15) is 0 Å². The monoisotopic (exact) mass is 447 g/mol. The van der Waals surface area contributed by atoms with E-state index >= 15 is 0 Å². The van der Waals surface area contributed by atoms with Crippen molar-refractivity contribution in [2.24, 2.45) is 5.92 Å². The second-order valence-corrected chi connectivity index (χ2v) is 9.25. The van der Waals surface area contributed by atoms with Crippen LogP contribution in [-0.2, 0) is 4.79 Å². The van der Waals surface area contributed by atoms with Crippen molar-refractivity contribution >= 4 is 34.8 Å². The first kappa shape index (κ1) is 21.1. The van der Waals surface area contributed by atoms with Gasteiger partial charge >= 0.3 is 0 Å². The number of thiazole rings is 1. The molecule has 1 aromatic heterocycles. The summed E-state index contributed by atoms with van der Waals surface area (Å²) >= 11 is 7.45. The molecule has 8 heteroatoms. The third kappa shape index (κ3) is 5.13. The number of amides is 2. The summed E-state index contributed by atoms with van der Waals surface area (Å²) in [4.78, 5) is 34.3. The minimum Gasteiger partial charge on any atom is -0.490 e. The lowest BCUT2D eigenvalue weighted by Gasteiger charge is -2.39. The molecule has 2 aliphatic rings. The molecular weight excluding hydrogens is 422 g/mol. The number of benzene rings is 1. The van der Waals surface area contributed by atoms with E-state index in [1.54, 1.807) is 17.8 Å². The van der Waals surface area contributed by atoms with Gasteiger partial charge < -0.3 is 14.5 Å². The highest BCUT2D eigenvalue weighted by Gasteiger charge is 2.36. The third-order valence-electron chi connectivity index (χ3n) is 5.82. The van der Waals surface area contributed by atoms with E-state index in [0.29, 0.717) is 41.6 Å². The number of piperidine rings is 2. The molecule has 2 aromatic rings. The fraction of sp³-hybridized carbons (Fsp3) is 0.500. The molecule has 1 aromatic carbocycles. The van der Waals surface area contributed by atoms with Gasteiger partial charge in [-0.25, -0.2) is 0 Å². The highest BCUT2D eigenvalue weighted by molar-refractivity contribution is 7.11. The van der Waals surface area contributed by atoms with Crippen LogP contribution in [0.5, 0.6) is 5.75 Å². The average Bonchev–Trinajstić information content (AvgIpc) is 3.30. The van der Waals surface area contributed by atoms with E-state index in [9.17, 15) is 9.59 Å². The van der Waals surface area contributed by atoms with Crippen LogP contribution in [0, 0.1) is 5.92 Å². The lowest BCUT2D eigenvalue weighted by atomic mass is 9.90. The van der Waals surface area contributed by atoms with E-state index in [2.05, 4.69) is 4.98 Å². The van der Waals surface area contributed by atoms with Gasteiger partial charge in [0.25, 0.3) is 5.91 Å². The molecule has 2 fully saturated rings. The fourth-order valence-electron chi connectivity index (χ4n) is 4.24. The summed E-state index contributed by atoms with van der Waals surface area (Å²) in [7, 11) is 0. The number of likely N-dealkylation sites (tertiary alicyclic amines) is 2. The van der Waals surface area contributed by atoms with Crippen LogP contribution in [0.25, 0.3) is 0 Å². The van der Waals surface area contributed by atoms with Gasteiger partial charge in [0.2, 0.25) is 5.91 Å². The Morgan fingerprint density at radius 1 is 1.17 bits per heavy atom. The molecule has 0 bridgehead atoms. The molecule has 2 atom stereocenters. The number of carbonyl (C=O) groups excluding carboxylic acids is 2. The van der Waals surface area contributed by atoms with Crippen molar-refractivity contribution in [3.8, 4) is 5.75 Å². The van der Waals surface area contributed by atoms with Crippen molar-refractivity contribution in [3.05, 3.63) is 45.9 Å². The van der Waals surface area contributed by atoms with Gasteiger partial charge in [0, 0.05) is 50.0 Å².